The monoisotopic (exact) mass is 566 g/mol. The zero-order valence-corrected chi connectivity index (χ0v) is 22.5. The number of furan rings is 1. The highest BCUT2D eigenvalue weighted by Gasteiger charge is 2.46. The third-order valence-electron chi connectivity index (χ3n) is 7.80. The third kappa shape index (κ3) is 5.67. The Hall–Kier alpha value is -3.19. The summed E-state index contributed by atoms with van der Waals surface area (Å²) in [6.45, 7) is 5.93. The lowest BCUT2D eigenvalue weighted by Gasteiger charge is -2.31. The van der Waals surface area contributed by atoms with E-state index in [1.165, 1.54) is 0 Å². The van der Waals surface area contributed by atoms with Gasteiger partial charge in [0.05, 0.1) is 37.2 Å². The van der Waals surface area contributed by atoms with Crippen molar-refractivity contribution in [2.24, 2.45) is 5.92 Å². The minimum Gasteiger partial charge on any atom is -0.455 e. The van der Waals surface area contributed by atoms with Crippen LogP contribution in [0, 0.1) is 5.92 Å². The van der Waals surface area contributed by atoms with Crippen molar-refractivity contribution < 1.29 is 41.4 Å². The second kappa shape index (κ2) is 11.4. The number of hydrogen-bond acceptors (Lipinski definition) is 7. The van der Waals surface area contributed by atoms with Gasteiger partial charge in [0.25, 0.3) is 11.8 Å². The van der Waals surface area contributed by atoms with Gasteiger partial charge in [0.1, 0.15) is 11.3 Å². The third-order valence-corrected chi connectivity index (χ3v) is 7.80. The van der Waals surface area contributed by atoms with Crippen molar-refractivity contribution in [1.29, 1.82) is 0 Å². The zero-order chi connectivity index (χ0) is 28.6. The van der Waals surface area contributed by atoms with Crippen LogP contribution in [0.1, 0.15) is 66.5 Å². The maximum absolute atomic E-state index is 14.4. The number of Topliss-reactive ketones (excluding diaryl/α,β-unsaturated/α-hetero) is 1. The number of nitrogens with zero attached hydrogens (tertiary/aromatic N) is 3. The average Bonchev–Trinajstić information content (AvgIpc) is 3.54. The number of nitrogens with one attached hydrogen (secondary N) is 1. The molecule has 0 spiro atoms. The molecule has 5 rings (SSSR count). The molecule has 13 heteroatoms. The minimum absolute atomic E-state index is 0.00516. The van der Waals surface area contributed by atoms with Gasteiger partial charge in [-0.2, -0.15) is 18.3 Å². The van der Waals surface area contributed by atoms with E-state index in [4.69, 9.17) is 13.9 Å². The highest BCUT2D eigenvalue weighted by molar-refractivity contribution is 6.35. The molecule has 0 saturated carbocycles. The van der Waals surface area contributed by atoms with Gasteiger partial charge in [-0.1, -0.05) is 13.8 Å². The normalized spacial score (nSPS) is 21.6. The number of carbonyl (C=O) groups excluding carboxylic acids is 3. The number of piperidine rings is 1. The summed E-state index contributed by atoms with van der Waals surface area (Å²) in [6, 6.07) is 0. The molecule has 4 heterocycles. The van der Waals surface area contributed by atoms with E-state index in [0.29, 0.717) is 51.3 Å². The summed E-state index contributed by atoms with van der Waals surface area (Å²) in [5.74, 6) is -2.53. The highest BCUT2D eigenvalue weighted by atomic mass is 19.4. The van der Waals surface area contributed by atoms with Gasteiger partial charge in [0, 0.05) is 50.8 Å². The predicted octanol–water partition coefficient (Wildman–Crippen LogP) is 3.18. The standard InChI is InChI=1S/C27H33F3N4O6/c1-3-19(35)26(37)33-6-4-16(5-7-33)12-34-13-18-15(2)10-20-21(23(18)32-34)22(27(28,29)30)24(40-20)25(36)31-11-17-14-38-8-9-39-17/h13,15-17H,3-12,14H2,1-2H3,(H,31,36)/t15-,17?/m1/s1. The lowest BCUT2D eigenvalue weighted by Crippen LogP contribution is -2.42. The van der Waals surface area contributed by atoms with Crippen LogP contribution in [0.25, 0.3) is 11.3 Å². The molecule has 0 aromatic carbocycles. The molecule has 2 aromatic rings. The lowest BCUT2D eigenvalue weighted by molar-refractivity contribution is -0.145. The smallest absolute Gasteiger partial charge is 0.420 e. The SMILES string of the molecule is CCC(=O)C(=O)N1CCC(Cn2cc3c(n2)-c2c(oc(C(=O)NCC4COCCO4)c2C(F)(F)F)C[C@H]3C)CC1. The molecule has 40 heavy (non-hydrogen) atoms. The van der Waals surface area contributed by atoms with Crippen molar-refractivity contribution in [2.45, 2.75) is 64.3 Å². The Bertz CT molecular complexity index is 1270. The number of rotatable bonds is 7. The number of likely N-dealkylation sites (tertiary alicyclic amines) is 1. The Morgan fingerprint density at radius 2 is 1.93 bits per heavy atom. The highest BCUT2D eigenvalue weighted by Crippen LogP contribution is 2.48. The molecule has 2 aromatic heterocycles. The van der Waals surface area contributed by atoms with E-state index in [0.717, 1.165) is 0 Å². The Morgan fingerprint density at radius 3 is 2.58 bits per heavy atom. The van der Waals surface area contributed by atoms with Gasteiger partial charge in [-0.3, -0.25) is 19.1 Å². The van der Waals surface area contributed by atoms with Crippen LogP contribution in [0.3, 0.4) is 0 Å². The van der Waals surface area contributed by atoms with E-state index in [2.05, 4.69) is 10.4 Å². The Balaban J connectivity index is 1.35. The number of hydrogen-bond donors (Lipinski definition) is 1. The maximum atomic E-state index is 14.4. The van der Waals surface area contributed by atoms with Crippen molar-refractivity contribution in [2.75, 3.05) is 39.5 Å². The van der Waals surface area contributed by atoms with Crippen LogP contribution in [-0.2, 0) is 38.2 Å². The molecule has 2 aliphatic heterocycles. The summed E-state index contributed by atoms with van der Waals surface area (Å²) in [5, 5.41) is 7.05. The van der Waals surface area contributed by atoms with Crippen LogP contribution in [0.5, 0.6) is 0 Å². The van der Waals surface area contributed by atoms with Gasteiger partial charge in [-0.25, -0.2) is 0 Å². The number of amides is 2. The molecule has 218 valence electrons. The van der Waals surface area contributed by atoms with Crippen LogP contribution in [0.15, 0.2) is 10.6 Å². The molecular formula is C27H33F3N4O6. The summed E-state index contributed by atoms with van der Waals surface area (Å²) >= 11 is 0. The summed E-state index contributed by atoms with van der Waals surface area (Å²) in [4.78, 5) is 38.4. The van der Waals surface area contributed by atoms with Crippen molar-refractivity contribution in [3.05, 3.63) is 28.8 Å². The van der Waals surface area contributed by atoms with Gasteiger partial charge in [-0.15, -0.1) is 0 Å². The molecule has 0 radical (unpaired) electrons. The molecule has 2 saturated heterocycles. The van der Waals surface area contributed by atoms with E-state index in [1.54, 1.807) is 22.7 Å². The Morgan fingerprint density at radius 1 is 1.18 bits per heavy atom. The quantitative estimate of drug-likeness (QED) is 0.512. The second-order valence-corrected chi connectivity index (χ2v) is 10.7. The predicted molar refractivity (Wildman–Crippen MR) is 135 cm³/mol. The fourth-order valence-electron chi connectivity index (χ4n) is 5.63. The first kappa shape index (κ1) is 28.3. The van der Waals surface area contributed by atoms with Gasteiger partial charge in [0.2, 0.25) is 11.5 Å². The molecule has 1 N–H and O–H groups in total. The number of ether oxygens (including phenoxy) is 2. The summed E-state index contributed by atoms with van der Waals surface area (Å²) in [7, 11) is 0. The van der Waals surface area contributed by atoms with Gasteiger partial charge in [-0.05, 0) is 24.7 Å². The molecule has 0 bridgehead atoms. The number of halogens is 3. The minimum atomic E-state index is -4.84. The number of alkyl halides is 3. The zero-order valence-electron chi connectivity index (χ0n) is 22.5. The van der Waals surface area contributed by atoms with E-state index in [-0.39, 0.29) is 54.8 Å². The number of ketones is 1. The van der Waals surface area contributed by atoms with E-state index < -0.39 is 41.2 Å². The Kier molecular flexibility index (Phi) is 8.05. The lowest BCUT2D eigenvalue weighted by atomic mass is 9.86. The van der Waals surface area contributed by atoms with E-state index in [9.17, 15) is 27.6 Å². The number of fused-ring (bicyclic) bond motifs is 3. The molecule has 1 unspecified atom stereocenters. The van der Waals surface area contributed by atoms with Crippen molar-refractivity contribution in [1.82, 2.24) is 20.0 Å². The molecule has 3 aliphatic rings. The van der Waals surface area contributed by atoms with Crippen LogP contribution in [0.4, 0.5) is 13.2 Å². The number of carbonyl (C=O) groups is 3. The maximum Gasteiger partial charge on any atom is 0.420 e. The van der Waals surface area contributed by atoms with Crippen LogP contribution < -0.4 is 5.32 Å². The number of aromatic nitrogens is 2. The molecule has 1 aliphatic carbocycles. The second-order valence-electron chi connectivity index (χ2n) is 10.7. The largest absolute Gasteiger partial charge is 0.455 e. The molecule has 2 atom stereocenters. The van der Waals surface area contributed by atoms with Crippen molar-refractivity contribution in [3.63, 3.8) is 0 Å². The van der Waals surface area contributed by atoms with Gasteiger partial charge in [0.15, 0.2) is 0 Å². The van der Waals surface area contributed by atoms with E-state index in [1.807, 2.05) is 6.92 Å². The van der Waals surface area contributed by atoms with Crippen molar-refractivity contribution in [3.8, 4) is 11.3 Å². The first-order valence-electron chi connectivity index (χ1n) is 13.7. The molecule has 2 amide bonds. The van der Waals surface area contributed by atoms with Gasteiger partial charge < -0.3 is 24.1 Å². The van der Waals surface area contributed by atoms with Crippen LogP contribution >= 0.6 is 0 Å². The Labute approximate surface area is 229 Å². The first-order chi connectivity index (χ1) is 19.1. The molecular weight excluding hydrogens is 533 g/mol. The van der Waals surface area contributed by atoms with Gasteiger partial charge >= 0.3 is 6.18 Å². The topological polar surface area (TPSA) is 116 Å². The summed E-state index contributed by atoms with van der Waals surface area (Å²) in [5.41, 5.74) is -0.458. The average molecular weight is 567 g/mol. The fourth-order valence-corrected chi connectivity index (χ4v) is 5.63. The fraction of sp³-hybridized carbons (Fsp3) is 0.630. The van der Waals surface area contributed by atoms with E-state index >= 15 is 0 Å². The van der Waals surface area contributed by atoms with Crippen LogP contribution in [0.2, 0.25) is 0 Å². The van der Waals surface area contributed by atoms with Crippen LogP contribution in [-0.4, -0.2) is 77.8 Å². The summed E-state index contributed by atoms with van der Waals surface area (Å²) in [6.07, 6.45) is -1.83. The summed E-state index contributed by atoms with van der Waals surface area (Å²) < 4.78 is 61.2. The molecule has 2 fully saturated rings. The van der Waals surface area contributed by atoms with Crippen molar-refractivity contribution >= 4 is 17.6 Å². The first-order valence-corrected chi connectivity index (χ1v) is 13.7. The molecule has 10 nitrogen and oxygen atoms in total.